The van der Waals surface area contributed by atoms with Crippen LogP contribution in [0.5, 0.6) is 0 Å². The highest BCUT2D eigenvalue weighted by molar-refractivity contribution is 7.99. The van der Waals surface area contributed by atoms with E-state index in [-0.39, 0.29) is 0 Å². The second-order valence-electron chi connectivity index (χ2n) is 5.30. The Morgan fingerprint density at radius 3 is 1.82 bits per heavy atom. The molecule has 0 aromatic heterocycles. The molecule has 0 bridgehead atoms. The Kier molecular flexibility index (Phi) is 14.7. The smallest absolute Gasteiger partial charge is 0.00187 e. The van der Waals surface area contributed by atoms with Gasteiger partial charge in [0.15, 0.2) is 0 Å². The molecular formula is C16H34S. The van der Waals surface area contributed by atoms with Crippen LogP contribution in [0.15, 0.2) is 0 Å². The summed E-state index contributed by atoms with van der Waals surface area (Å²) in [7, 11) is 0. The molecule has 0 N–H and O–H groups in total. The van der Waals surface area contributed by atoms with Gasteiger partial charge in [0.05, 0.1) is 0 Å². The van der Waals surface area contributed by atoms with Crippen molar-refractivity contribution in [3.63, 3.8) is 0 Å². The monoisotopic (exact) mass is 258 g/mol. The summed E-state index contributed by atoms with van der Waals surface area (Å²) in [4.78, 5) is 0. The molecule has 0 saturated heterocycles. The normalized spacial score (nSPS) is 12.9. The van der Waals surface area contributed by atoms with E-state index < -0.39 is 0 Å². The third kappa shape index (κ3) is 14.3. The van der Waals surface area contributed by atoms with Gasteiger partial charge in [-0.3, -0.25) is 0 Å². The van der Waals surface area contributed by atoms with Gasteiger partial charge < -0.3 is 0 Å². The van der Waals surface area contributed by atoms with Crippen LogP contribution in [0.3, 0.4) is 0 Å². The minimum Gasteiger partial charge on any atom is -0.159 e. The number of hydrogen-bond donors (Lipinski definition) is 0. The molecule has 0 aliphatic heterocycles. The molecule has 0 amide bonds. The topological polar surface area (TPSA) is 0 Å². The Hall–Kier alpha value is 0.350. The van der Waals surface area contributed by atoms with Crippen LogP contribution in [0.4, 0.5) is 0 Å². The Labute approximate surface area is 114 Å². The molecule has 0 nitrogen and oxygen atoms in total. The predicted molar refractivity (Wildman–Crippen MR) is 84.1 cm³/mol. The molecule has 1 unspecified atom stereocenters. The highest BCUT2D eigenvalue weighted by Gasteiger charge is 2.01. The Balaban J connectivity index is 3.02. The van der Waals surface area contributed by atoms with E-state index in [0.29, 0.717) is 0 Å². The molecule has 0 aliphatic carbocycles. The summed E-state index contributed by atoms with van der Waals surface area (Å²) in [5.41, 5.74) is 0. The summed E-state index contributed by atoms with van der Waals surface area (Å²) < 4.78 is 0. The molecule has 0 aliphatic rings. The predicted octanol–water partition coefficient (Wildman–Crippen LogP) is 6.44. The standard InChI is InChI=1S/C16H34S/c1-4-6-8-9-10-11-12-13-15-17-16(3)14-7-5-2/h16H,4-15H2,1-3H3. The van der Waals surface area contributed by atoms with Crippen molar-refractivity contribution in [1.29, 1.82) is 0 Å². The summed E-state index contributed by atoms with van der Waals surface area (Å²) in [6.45, 7) is 6.97. The van der Waals surface area contributed by atoms with E-state index in [2.05, 4.69) is 32.5 Å². The van der Waals surface area contributed by atoms with E-state index in [1.165, 1.54) is 76.4 Å². The van der Waals surface area contributed by atoms with E-state index in [1.54, 1.807) is 0 Å². The lowest BCUT2D eigenvalue weighted by Crippen LogP contribution is -1.97. The molecule has 0 spiro atoms. The fraction of sp³-hybridized carbons (Fsp3) is 1.00. The van der Waals surface area contributed by atoms with Crippen molar-refractivity contribution in [3.8, 4) is 0 Å². The van der Waals surface area contributed by atoms with Gasteiger partial charge in [-0.05, 0) is 18.6 Å². The van der Waals surface area contributed by atoms with E-state index >= 15 is 0 Å². The van der Waals surface area contributed by atoms with E-state index in [9.17, 15) is 0 Å². The average Bonchev–Trinajstić information content (AvgIpc) is 2.34. The second-order valence-corrected chi connectivity index (χ2v) is 6.84. The first-order valence-corrected chi connectivity index (χ1v) is 8.97. The molecule has 0 aromatic carbocycles. The first-order valence-electron chi connectivity index (χ1n) is 7.92. The summed E-state index contributed by atoms with van der Waals surface area (Å²) in [5, 5.41) is 0.888. The lowest BCUT2D eigenvalue weighted by atomic mass is 10.1. The Morgan fingerprint density at radius 2 is 1.24 bits per heavy atom. The van der Waals surface area contributed by atoms with Crippen molar-refractivity contribution in [2.45, 2.75) is 96.7 Å². The molecule has 1 atom stereocenters. The maximum absolute atomic E-state index is 2.39. The fourth-order valence-electron chi connectivity index (χ4n) is 2.10. The maximum atomic E-state index is 2.39. The lowest BCUT2D eigenvalue weighted by Gasteiger charge is -2.09. The Morgan fingerprint density at radius 1 is 0.706 bits per heavy atom. The highest BCUT2D eigenvalue weighted by Crippen LogP contribution is 2.19. The number of unbranched alkanes of at least 4 members (excludes halogenated alkanes) is 8. The third-order valence-corrected chi connectivity index (χ3v) is 4.69. The van der Waals surface area contributed by atoms with Gasteiger partial charge in [0, 0.05) is 5.25 Å². The van der Waals surface area contributed by atoms with Gasteiger partial charge in [0.25, 0.3) is 0 Å². The minimum atomic E-state index is 0.888. The van der Waals surface area contributed by atoms with Crippen LogP contribution in [0.25, 0.3) is 0 Å². The van der Waals surface area contributed by atoms with Gasteiger partial charge in [0.2, 0.25) is 0 Å². The number of thioether (sulfide) groups is 1. The molecular weight excluding hydrogens is 224 g/mol. The first-order chi connectivity index (χ1) is 8.31. The molecule has 0 fully saturated rings. The van der Waals surface area contributed by atoms with Gasteiger partial charge in [-0.1, -0.05) is 78.6 Å². The molecule has 0 rings (SSSR count). The van der Waals surface area contributed by atoms with Crippen molar-refractivity contribution in [3.05, 3.63) is 0 Å². The molecule has 0 aromatic rings. The van der Waals surface area contributed by atoms with E-state index in [0.717, 1.165) is 5.25 Å². The highest BCUT2D eigenvalue weighted by atomic mass is 32.2. The summed E-state index contributed by atoms with van der Waals surface area (Å²) >= 11 is 2.19. The first kappa shape index (κ1) is 17.4. The zero-order valence-corrected chi connectivity index (χ0v) is 13.3. The van der Waals surface area contributed by atoms with Crippen LogP contribution in [0.1, 0.15) is 91.4 Å². The summed E-state index contributed by atoms with van der Waals surface area (Å²) in [6, 6.07) is 0. The zero-order valence-electron chi connectivity index (χ0n) is 12.5. The summed E-state index contributed by atoms with van der Waals surface area (Å²) in [6.07, 6.45) is 15.7. The van der Waals surface area contributed by atoms with Gasteiger partial charge in [-0.15, -0.1) is 0 Å². The lowest BCUT2D eigenvalue weighted by molar-refractivity contribution is 0.586. The molecule has 0 heterocycles. The second kappa shape index (κ2) is 14.4. The van der Waals surface area contributed by atoms with Crippen LogP contribution < -0.4 is 0 Å². The van der Waals surface area contributed by atoms with E-state index in [4.69, 9.17) is 0 Å². The quantitative estimate of drug-likeness (QED) is 0.343. The number of hydrogen-bond acceptors (Lipinski definition) is 1. The van der Waals surface area contributed by atoms with Crippen LogP contribution in [0.2, 0.25) is 0 Å². The van der Waals surface area contributed by atoms with Crippen LogP contribution in [-0.4, -0.2) is 11.0 Å². The SMILES string of the molecule is CCCCCCCCCCSC(C)CCCC. The van der Waals surface area contributed by atoms with Crippen LogP contribution in [0, 0.1) is 0 Å². The minimum absolute atomic E-state index is 0.888. The van der Waals surface area contributed by atoms with Crippen molar-refractivity contribution >= 4 is 11.8 Å². The van der Waals surface area contributed by atoms with Gasteiger partial charge in [0.1, 0.15) is 0 Å². The van der Waals surface area contributed by atoms with Crippen LogP contribution >= 0.6 is 11.8 Å². The van der Waals surface area contributed by atoms with Crippen molar-refractivity contribution < 1.29 is 0 Å². The van der Waals surface area contributed by atoms with Crippen molar-refractivity contribution in [2.24, 2.45) is 0 Å². The van der Waals surface area contributed by atoms with Crippen LogP contribution in [-0.2, 0) is 0 Å². The van der Waals surface area contributed by atoms with Crippen molar-refractivity contribution in [1.82, 2.24) is 0 Å². The zero-order chi connectivity index (χ0) is 12.8. The van der Waals surface area contributed by atoms with Crippen molar-refractivity contribution in [2.75, 3.05) is 5.75 Å². The van der Waals surface area contributed by atoms with Gasteiger partial charge in [-0.2, -0.15) is 11.8 Å². The van der Waals surface area contributed by atoms with E-state index in [1.807, 2.05) is 0 Å². The van der Waals surface area contributed by atoms with Gasteiger partial charge in [-0.25, -0.2) is 0 Å². The van der Waals surface area contributed by atoms with Gasteiger partial charge >= 0.3 is 0 Å². The Bertz CT molecular complexity index is 133. The number of rotatable bonds is 13. The molecule has 17 heavy (non-hydrogen) atoms. The summed E-state index contributed by atoms with van der Waals surface area (Å²) in [5.74, 6) is 1.39. The average molecular weight is 259 g/mol. The largest absolute Gasteiger partial charge is 0.159 e. The fourth-order valence-corrected chi connectivity index (χ4v) is 3.20. The molecule has 0 radical (unpaired) electrons. The molecule has 0 saturated carbocycles. The third-order valence-electron chi connectivity index (χ3n) is 3.36. The maximum Gasteiger partial charge on any atom is 0.00187 e. The molecule has 104 valence electrons. The molecule has 1 heteroatoms.